The van der Waals surface area contributed by atoms with Crippen molar-refractivity contribution < 1.29 is 29.3 Å². The first-order valence-corrected chi connectivity index (χ1v) is 4.56. The molecule has 0 heterocycles. The molecule has 0 aromatic rings. The van der Waals surface area contributed by atoms with Gasteiger partial charge in [0.25, 0.3) is 0 Å². The minimum absolute atomic E-state index is 0.700. The average Bonchev–Trinajstić information content (AvgIpc) is 1.97. The van der Waals surface area contributed by atoms with E-state index >= 15 is 0 Å². The van der Waals surface area contributed by atoms with E-state index in [2.05, 4.69) is 0 Å². The Balaban J connectivity index is 4.35. The molecule has 0 aliphatic rings. The van der Waals surface area contributed by atoms with Gasteiger partial charge in [-0.05, 0) is 20.8 Å². The van der Waals surface area contributed by atoms with Crippen molar-refractivity contribution in [2.75, 3.05) is 0 Å². The van der Waals surface area contributed by atoms with Gasteiger partial charge in [-0.25, -0.2) is 9.59 Å². The van der Waals surface area contributed by atoms with Crippen LogP contribution in [0.4, 0.5) is 4.79 Å². The number of hydrogen-bond donors (Lipinski definition) is 3. The average molecular weight is 233 g/mol. The van der Waals surface area contributed by atoms with E-state index in [0.717, 1.165) is 0 Å². The van der Waals surface area contributed by atoms with E-state index in [9.17, 15) is 14.4 Å². The Morgan fingerprint density at radius 1 is 1.25 bits per heavy atom. The number of alkyl carbamates (subject to hydrolysis) is 1. The van der Waals surface area contributed by atoms with Crippen LogP contribution in [0.2, 0.25) is 0 Å². The summed E-state index contributed by atoms with van der Waals surface area (Å²) < 4.78 is 4.79. The molecule has 0 radical (unpaired) electrons. The lowest BCUT2D eigenvalue weighted by Crippen LogP contribution is -2.44. The van der Waals surface area contributed by atoms with Gasteiger partial charge < -0.3 is 20.3 Å². The Morgan fingerprint density at radius 2 is 1.75 bits per heavy atom. The van der Waals surface area contributed by atoms with E-state index < -0.39 is 36.1 Å². The van der Waals surface area contributed by atoms with Gasteiger partial charge in [0.15, 0.2) is 0 Å². The molecule has 1 atom stereocenters. The minimum Gasteiger partial charge on any atom is -0.481 e. The lowest BCUT2D eigenvalue weighted by molar-refractivity contribution is -0.145. The Labute approximate surface area is 92.4 Å². The van der Waals surface area contributed by atoms with Gasteiger partial charge in [0.05, 0.1) is 6.42 Å². The number of aliphatic carboxylic acids is 2. The third-order valence-corrected chi connectivity index (χ3v) is 1.37. The number of carboxylic acid groups (broad SMARTS) is 2. The van der Waals surface area contributed by atoms with Crippen molar-refractivity contribution in [2.24, 2.45) is 0 Å². The van der Waals surface area contributed by atoms with Crippen molar-refractivity contribution in [1.82, 2.24) is 5.32 Å². The predicted octanol–water partition coefficient (Wildman–Crippen LogP) is 0.439. The van der Waals surface area contributed by atoms with Crippen LogP contribution in [-0.2, 0) is 14.3 Å². The van der Waals surface area contributed by atoms with E-state index in [1.807, 2.05) is 5.32 Å². The summed E-state index contributed by atoms with van der Waals surface area (Å²) in [5.74, 6) is -2.74. The summed E-state index contributed by atoms with van der Waals surface area (Å²) in [5.41, 5.74) is -0.767. The van der Waals surface area contributed by atoms with Crippen molar-refractivity contribution in [3.05, 3.63) is 0 Å². The molecule has 0 saturated heterocycles. The fourth-order valence-corrected chi connectivity index (χ4v) is 0.825. The molecule has 7 nitrogen and oxygen atoms in total. The van der Waals surface area contributed by atoms with Crippen LogP contribution >= 0.6 is 0 Å². The highest BCUT2D eigenvalue weighted by atomic mass is 16.6. The molecule has 0 spiro atoms. The molecule has 7 heteroatoms. The highest BCUT2D eigenvalue weighted by Crippen LogP contribution is 2.07. The smallest absolute Gasteiger partial charge is 0.408 e. The van der Waals surface area contributed by atoms with E-state index in [4.69, 9.17) is 14.9 Å². The van der Waals surface area contributed by atoms with Crippen LogP contribution in [0.1, 0.15) is 27.2 Å². The van der Waals surface area contributed by atoms with Crippen molar-refractivity contribution >= 4 is 18.0 Å². The first kappa shape index (κ1) is 14.2. The number of carboxylic acids is 2. The molecule has 0 aromatic heterocycles. The zero-order valence-electron chi connectivity index (χ0n) is 9.31. The number of nitrogens with one attached hydrogen (secondary N) is 1. The maximum Gasteiger partial charge on any atom is 0.408 e. The topological polar surface area (TPSA) is 113 Å². The van der Waals surface area contributed by atoms with Crippen LogP contribution in [0.5, 0.6) is 0 Å². The fraction of sp³-hybridized carbons (Fsp3) is 0.667. The third-order valence-electron chi connectivity index (χ3n) is 1.37. The lowest BCUT2D eigenvalue weighted by atomic mass is 10.2. The highest BCUT2D eigenvalue weighted by molar-refractivity contribution is 5.84. The highest BCUT2D eigenvalue weighted by Gasteiger charge is 2.25. The summed E-state index contributed by atoms with van der Waals surface area (Å²) in [6.45, 7) is 4.83. The molecule has 0 bridgehead atoms. The van der Waals surface area contributed by atoms with Gasteiger partial charge in [-0.2, -0.15) is 0 Å². The maximum atomic E-state index is 11.2. The molecule has 3 N–H and O–H groups in total. The maximum absolute atomic E-state index is 11.2. The van der Waals surface area contributed by atoms with E-state index in [1.54, 1.807) is 20.8 Å². The number of carbonyl (C=O) groups excluding carboxylic acids is 1. The largest absolute Gasteiger partial charge is 0.481 e. The molecule has 0 aliphatic heterocycles. The monoisotopic (exact) mass is 233 g/mol. The second kappa shape index (κ2) is 5.34. The Bertz CT molecular complexity index is 293. The minimum atomic E-state index is -1.49. The molecule has 0 aromatic carbocycles. The van der Waals surface area contributed by atoms with Crippen LogP contribution in [-0.4, -0.2) is 39.9 Å². The van der Waals surface area contributed by atoms with Gasteiger partial charge in [-0.15, -0.1) is 0 Å². The number of amides is 1. The zero-order chi connectivity index (χ0) is 12.9. The number of hydrogen-bond acceptors (Lipinski definition) is 4. The second-order valence-electron chi connectivity index (χ2n) is 4.13. The van der Waals surface area contributed by atoms with Gasteiger partial charge in [0.2, 0.25) is 0 Å². The number of rotatable bonds is 4. The second-order valence-corrected chi connectivity index (χ2v) is 4.13. The summed E-state index contributed by atoms with van der Waals surface area (Å²) in [5, 5.41) is 19.0. The molecular weight excluding hydrogens is 218 g/mol. The fourth-order valence-electron chi connectivity index (χ4n) is 0.825. The lowest BCUT2D eigenvalue weighted by Gasteiger charge is -2.21. The molecule has 0 aliphatic carbocycles. The quantitative estimate of drug-likeness (QED) is 0.649. The summed E-state index contributed by atoms with van der Waals surface area (Å²) in [6, 6.07) is -1.49. The van der Waals surface area contributed by atoms with Crippen LogP contribution < -0.4 is 5.32 Å². The normalized spacial score (nSPS) is 12.7. The molecule has 0 unspecified atom stereocenters. The Morgan fingerprint density at radius 3 is 2.06 bits per heavy atom. The van der Waals surface area contributed by atoms with Crippen molar-refractivity contribution in [1.29, 1.82) is 0 Å². The molecule has 16 heavy (non-hydrogen) atoms. The molecule has 0 fully saturated rings. The van der Waals surface area contributed by atoms with Crippen molar-refractivity contribution in [2.45, 2.75) is 38.8 Å². The van der Waals surface area contributed by atoms with Gasteiger partial charge in [0, 0.05) is 0 Å². The SMILES string of the molecule is CC(C)(C)OC(=O)N[C@@H](CC(=O)O)C(=O)O. The summed E-state index contributed by atoms with van der Waals surface area (Å²) in [6.07, 6.45) is -1.66. The van der Waals surface area contributed by atoms with Crippen LogP contribution in [0.15, 0.2) is 0 Å². The molecule has 0 rings (SSSR count). The summed E-state index contributed by atoms with van der Waals surface area (Å²) in [7, 11) is 0. The van der Waals surface area contributed by atoms with Gasteiger partial charge >= 0.3 is 18.0 Å². The van der Waals surface area contributed by atoms with Gasteiger partial charge in [-0.1, -0.05) is 0 Å². The predicted molar refractivity (Wildman–Crippen MR) is 53.0 cm³/mol. The molecule has 0 saturated carbocycles. The molecule has 92 valence electrons. The number of carbonyl (C=O) groups is 3. The van der Waals surface area contributed by atoms with E-state index in [1.165, 1.54) is 0 Å². The van der Waals surface area contributed by atoms with E-state index in [-0.39, 0.29) is 0 Å². The number of ether oxygens (including phenoxy) is 1. The van der Waals surface area contributed by atoms with Crippen LogP contribution in [0.3, 0.4) is 0 Å². The zero-order valence-corrected chi connectivity index (χ0v) is 9.31. The standard InChI is InChI=1S/C9H15NO6/c1-9(2,3)16-8(15)10-5(7(13)14)4-6(11)12/h5H,4H2,1-3H3,(H,10,15)(H,11,12)(H,13,14)/t5-/m0/s1. The first-order chi connectivity index (χ1) is 7.11. The summed E-state index contributed by atoms with van der Waals surface area (Å²) in [4.78, 5) is 32.1. The first-order valence-electron chi connectivity index (χ1n) is 4.56. The Hall–Kier alpha value is -1.79. The van der Waals surface area contributed by atoms with E-state index in [0.29, 0.717) is 0 Å². The Kier molecular flexibility index (Phi) is 4.74. The van der Waals surface area contributed by atoms with Gasteiger partial charge in [-0.3, -0.25) is 4.79 Å². The van der Waals surface area contributed by atoms with Gasteiger partial charge in [0.1, 0.15) is 11.6 Å². The van der Waals surface area contributed by atoms with Crippen molar-refractivity contribution in [3.63, 3.8) is 0 Å². The molecular formula is C9H15NO6. The van der Waals surface area contributed by atoms with Crippen LogP contribution in [0, 0.1) is 0 Å². The van der Waals surface area contributed by atoms with Crippen LogP contribution in [0.25, 0.3) is 0 Å². The van der Waals surface area contributed by atoms with Crippen molar-refractivity contribution in [3.8, 4) is 0 Å². The summed E-state index contributed by atoms with van der Waals surface area (Å²) >= 11 is 0. The third kappa shape index (κ3) is 6.63. The molecule has 1 amide bonds.